The normalized spacial score (nSPS) is 19.0. The smallest absolute Gasteiger partial charge is 0.246 e. The van der Waals surface area contributed by atoms with Gasteiger partial charge in [-0.2, -0.15) is 14.5 Å². The average Bonchev–Trinajstić information content (AvgIpc) is 3.77. The molecule has 2 atom stereocenters. The van der Waals surface area contributed by atoms with Crippen molar-refractivity contribution < 1.29 is 27.5 Å². The number of methoxy groups -OCH3 is 1. The van der Waals surface area contributed by atoms with E-state index in [1.165, 1.54) is 22.2 Å². The van der Waals surface area contributed by atoms with Gasteiger partial charge in [-0.3, -0.25) is 14.4 Å². The van der Waals surface area contributed by atoms with Gasteiger partial charge in [-0.1, -0.05) is 44.2 Å². The molecule has 0 bridgehead atoms. The van der Waals surface area contributed by atoms with Crippen molar-refractivity contribution >= 4 is 27.7 Å². The van der Waals surface area contributed by atoms with E-state index >= 15 is 0 Å². The van der Waals surface area contributed by atoms with Crippen LogP contribution in [0.1, 0.15) is 56.4 Å². The second kappa shape index (κ2) is 16.7. The standard InChI is InChI=1S/C35H45N9O6S/c1-24(2)33-34-38-25(3)41-44(34)23-32(46)36-16-9-19-42(51(48,49)30-22-27(14-15-29(30)50-4)43-20-10-17-37-43)18-8-13-31(45)39-28(35(47)40-33)21-26-11-6-5-7-12-26/h5-7,10-12,14-15,17,20,22,24,28,33H,8-9,13,16,18-19,21,23H2,1-4H3,(H,36,46)(H,39,45)(H,40,47)/t28-,33+/m1/s1. The zero-order valence-electron chi connectivity index (χ0n) is 29.3. The third-order valence-corrected chi connectivity index (χ3v) is 10.4. The van der Waals surface area contributed by atoms with Crippen molar-refractivity contribution in [1.29, 1.82) is 0 Å². The van der Waals surface area contributed by atoms with E-state index in [1.807, 2.05) is 44.2 Å². The summed E-state index contributed by atoms with van der Waals surface area (Å²) in [4.78, 5) is 44.9. The van der Waals surface area contributed by atoms with Crippen LogP contribution in [-0.2, 0) is 37.4 Å². The topological polar surface area (TPSA) is 182 Å². The summed E-state index contributed by atoms with van der Waals surface area (Å²) in [6, 6.07) is 14.3. The van der Waals surface area contributed by atoms with E-state index < -0.39 is 33.9 Å². The fourth-order valence-corrected chi connectivity index (χ4v) is 7.63. The maximum Gasteiger partial charge on any atom is 0.246 e. The highest BCUT2D eigenvalue weighted by atomic mass is 32.2. The number of fused-ring (bicyclic) bond motifs is 1. The summed E-state index contributed by atoms with van der Waals surface area (Å²) >= 11 is 0. The van der Waals surface area contributed by atoms with E-state index in [0.717, 1.165) is 5.56 Å². The molecule has 2 aromatic carbocycles. The Morgan fingerprint density at radius 1 is 0.980 bits per heavy atom. The number of benzene rings is 2. The zero-order valence-corrected chi connectivity index (χ0v) is 30.1. The lowest BCUT2D eigenvalue weighted by atomic mass is 10.0. The molecule has 15 nitrogen and oxygen atoms in total. The highest BCUT2D eigenvalue weighted by molar-refractivity contribution is 7.89. The molecule has 0 aliphatic carbocycles. The Balaban J connectivity index is 1.45. The largest absolute Gasteiger partial charge is 0.495 e. The maximum atomic E-state index is 14.2. The number of amides is 3. The summed E-state index contributed by atoms with van der Waals surface area (Å²) in [6.07, 6.45) is 3.96. The van der Waals surface area contributed by atoms with Crippen LogP contribution in [0.5, 0.6) is 5.75 Å². The molecule has 3 N–H and O–H groups in total. The van der Waals surface area contributed by atoms with Crippen molar-refractivity contribution in [3.05, 3.63) is 84.2 Å². The van der Waals surface area contributed by atoms with Gasteiger partial charge in [-0.25, -0.2) is 22.8 Å². The fourth-order valence-electron chi connectivity index (χ4n) is 5.94. The number of hydrogen-bond acceptors (Lipinski definition) is 9. The molecule has 0 spiro atoms. The molecule has 16 heteroatoms. The lowest BCUT2D eigenvalue weighted by Gasteiger charge is -2.26. The van der Waals surface area contributed by atoms with Crippen LogP contribution in [0, 0.1) is 12.8 Å². The first-order valence-electron chi connectivity index (χ1n) is 17.0. The summed E-state index contributed by atoms with van der Waals surface area (Å²) in [5, 5.41) is 17.4. The molecule has 5 rings (SSSR count). The molecular formula is C35H45N9O6S. The van der Waals surface area contributed by atoms with Crippen molar-refractivity contribution in [3.8, 4) is 11.4 Å². The van der Waals surface area contributed by atoms with Crippen molar-refractivity contribution in [2.24, 2.45) is 5.92 Å². The average molecular weight is 720 g/mol. The predicted molar refractivity (Wildman–Crippen MR) is 188 cm³/mol. The number of ether oxygens (including phenoxy) is 1. The number of aromatic nitrogens is 5. The molecule has 0 saturated carbocycles. The first kappa shape index (κ1) is 37.2. The van der Waals surface area contributed by atoms with Gasteiger partial charge in [0.2, 0.25) is 27.7 Å². The Bertz CT molecular complexity index is 1910. The van der Waals surface area contributed by atoms with E-state index in [0.29, 0.717) is 23.8 Å². The van der Waals surface area contributed by atoms with Gasteiger partial charge < -0.3 is 20.7 Å². The van der Waals surface area contributed by atoms with Crippen LogP contribution in [0.3, 0.4) is 0 Å². The monoisotopic (exact) mass is 719 g/mol. The Hall–Kier alpha value is -5.09. The van der Waals surface area contributed by atoms with Crippen LogP contribution in [0.2, 0.25) is 0 Å². The summed E-state index contributed by atoms with van der Waals surface area (Å²) < 4.78 is 38.2. The van der Waals surface area contributed by atoms with Gasteiger partial charge in [0, 0.05) is 44.9 Å². The number of rotatable bonds is 7. The summed E-state index contributed by atoms with van der Waals surface area (Å²) in [7, 11) is -2.76. The van der Waals surface area contributed by atoms with Crippen LogP contribution >= 0.6 is 0 Å². The predicted octanol–water partition coefficient (Wildman–Crippen LogP) is 2.31. The Morgan fingerprint density at radius 3 is 2.45 bits per heavy atom. The first-order chi connectivity index (χ1) is 24.5. The number of carbonyl (C=O) groups is 3. The summed E-state index contributed by atoms with van der Waals surface area (Å²) in [6.45, 7) is 5.66. The minimum absolute atomic E-state index is 0.00537. The molecule has 0 radical (unpaired) electrons. The number of aryl methyl sites for hydroxylation is 1. The Morgan fingerprint density at radius 2 is 1.75 bits per heavy atom. The third-order valence-electron chi connectivity index (χ3n) is 8.53. The van der Waals surface area contributed by atoms with Crippen LogP contribution in [0.15, 0.2) is 71.9 Å². The fraction of sp³-hybridized carbons (Fsp3) is 0.429. The van der Waals surface area contributed by atoms with Gasteiger partial charge >= 0.3 is 0 Å². The van der Waals surface area contributed by atoms with Crippen molar-refractivity contribution in [2.75, 3.05) is 26.7 Å². The lowest BCUT2D eigenvalue weighted by Crippen LogP contribution is -2.50. The van der Waals surface area contributed by atoms with Gasteiger partial charge in [-0.05, 0) is 55.5 Å². The minimum atomic E-state index is -4.15. The third kappa shape index (κ3) is 9.38. The highest BCUT2D eigenvalue weighted by Crippen LogP contribution is 2.30. The van der Waals surface area contributed by atoms with E-state index in [-0.39, 0.29) is 67.9 Å². The molecule has 1 aliphatic rings. The lowest BCUT2D eigenvalue weighted by molar-refractivity contribution is -0.129. The quantitative estimate of drug-likeness (QED) is 0.258. The number of nitrogens with one attached hydrogen (secondary N) is 3. The van der Waals surface area contributed by atoms with E-state index in [9.17, 15) is 22.8 Å². The molecule has 2 aromatic heterocycles. The molecule has 0 saturated heterocycles. The number of nitrogens with zero attached hydrogens (tertiary/aromatic N) is 6. The zero-order chi connectivity index (χ0) is 36.5. The van der Waals surface area contributed by atoms with Crippen LogP contribution in [-0.4, -0.2) is 87.8 Å². The summed E-state index contributed by atoms with van der Waals surface area (Å²) in [5.41, 5.74) is 1.37. The maximum absolute atomic E-state index is 14.2. The molecule has 1 aliphatic heterocycles. The van der Waals surface area contributed by atoms with Gasteiger partial charge in [0.25, 0.3) is 0 Å². The van der Waals surface area contributed by atoms with Crippen molar-refractivity contribution in [3.63, 3.8) is 0 Å². The second-order valence-electron chi connectivity index (χ2n) is 12.7. The number of hydrogen-bond donors (Lipinski definition) is 3. The first-order valence-corrected chi connectivity index (χ1v) is 18.4. The van der Waals surface area contributed by atoms with Crippen LogP contribution < -0.4 is 20.7 Å². The van der Waals surface area contributed by atoms with Crippen LogP contribution in [0.25, 0.3) is 5.69 Å². The molecule has 272 valence electrons. The van der Waals surface area contributed by atoms with E-state index in [4.69, 9.17) is 4.74 Å². The van der Waals surface area contributed by atoms with E-state index in [1.54, 1.807) is 42.2 Å². The van der Waals surface area contributed by atoms with Crippen LogP contribution in [0.4, 0.5) is 0 Å². The molecule has 0 unspecified atom stereocenters. The summed E-state index contributed by atoms with van der Waals surface area (Å²) in [5.74, 6) is -0.263. The number of sulfonamides is 1. The molecule has 0 fully saturated rings. The Labute approximate surface area is 297 Å². The van der Waals surface area contributed by atoms with E-state index in [2.05, 4.69) is 31.1 Å². The van der Waals surface area contributed by atoms with Gasteiger partial charge in [-0.15, -0.1) is 0 Å². The Kier molecular flexibility index (Phi) is 12.2. The highest BCUT2D eigenvalue weighted by Gasteiger charge is 2.31. The molecule has 3 amide bonds. The molecule has 51 heavy (non-hydrogen) atoms. The van der Waals surface area contributed by atoms with Crippen molar-refractivity contribution in [2.45, 2.75) is 70.0 Å². The van der Waals surface area contributed by atoms with Crippen molar-refractivity contribution in [1.82, 2.24) is 44.8 Å². The molecule has 3 heterocycles. The van der Waals surface area contributed by atoms with Gasteiger partial charge in [0.15, 0.2) is 5.82 Å². The SMILES string of the molecule is COc1ccc(-n2cccn2)cc1S(=O)(=O)N1CCCNC(=O)Cn2nc(C)nc2[C@H](C(C)C)NC(=O)[C@@H](Cc2ccccc2)NC(=O)CCC1. The van der Waals surface area contributed by atoms with Gasteiger partial charge in [0.1, 0.15) is 29.1 Å². The number of carbonyl (C=O) groups excluding carboxylic acids is 3. The molecule has 4 aromatic rings. The second-order valence-corrected chi connectivity index (χ2v) is 14.6. The molecular weight excluding hydrogens is 675 g/mol. The minimum Gasteiger partial charge on any atom is -0.495 e. The van der Waals surface area contributed by atoms with Gasteiger partial charge in [0.05, 0.1) is 18.8 Å².